The third kappa shape index (κ3) is 3.12. The first kappa shape index (κ1) is 16.8. The Hall–Kier alpha value is -2.05. The molecule has 0 bridgehead atoms. The molecule has 0 saturated heterocycles. The van der Waals surface area contributed by atoms with Crippen molar-refractivity contribution in [2.45, 2.75) is 26.1 Å². The maximum Gasteiger partial charge on any atom is 0.197 e. The van der Waals surface area contributed by atoms with Crippen molar-refractivity contribution in [1.82, 2.24) is 14.8 Å². The van der Waals surface area contributed by atoms with Crippen LogP contribution in [0.4, 0.5) is 4.39 Å². The van der Waals surface area contributed by atoms with Gasteiger partial charge < -0.3 is 0 Å². The monoisotopic (exact) mass is 363 g/mol. The normalized spacial score (nSPS) is 11.0. The summed E-state index contributed by atoms with van der Waals surface area (Å²) in [6.07, 6.45) is 1.06. The summed E-state index contributed by atoms with van der Waals surface area (Å²) in [6.45, 7) is 4.09. The van der Waals surface area contributed by atoms with Crippen LogP contribution in [-0.4, -0.2) is 14.8 Å². The highest BCUT2D eigenvalue weighted by Gasteiger charge is 2.15. The molecule has 4 nitrogen and oxygen atoms in total. The molecule has 0 aliphatic heterocycles. The number of benzene rings is 1. The van der Waals surface area contributed by atoms with E-state index in [1.54, 1.807) is 23.5 Å². The van der Waals surface area contributed by atoms with E-state index >= 15 is 0 Å². The van der Waals surface area contributed by atoms with E-state index in [-0.39, 0.29) is 10.8 Å². The molecule has 2 aromatic carbocycles. The minimum Gasteiger partial charge on any atom is -0.288 e. The predicted molar refractivity (Wildman–Crippen MR) is 95.5 cm³/mol. The van der Waals surface area contributed by atoms with Gasteiger partial charge in [0.05, 0.1) is 11.3 Å². The zero-order valence-corrected chi connectivity index (χ0v) is 14.8. The molecular weight excluding hydrogens is 349 g/mol. The van der Waals surface area contributed by atoms with E-state index in [0.29, 0.717) is 11.3 Å². The Morgan fingerprint density at radius 2 is 2.04 bits per heavy atom. The number of rotatable bonds is 3. The largest absolute Gasteiger partial charge is 0.288 e. The minimum absolute atomic E-state index is 0.141. The van der Waals surface area contributed by atoms with Gasteiger partial charge in [-0.15, -0.1) is 33.1 Å². The van der Waals surface area contributed by atoms with E-state index in [4.69, 9.17) is 11.6 Å². The second-order valence-corrected chi connectivity index (χ2v) is 6.63. The quantitative estimate of drug-likeness (QED) is 0.514. The Balaban J connectivity index is 0.000000159. The number of fused-ring (bicyclic) bond motifs is 1. The van der Waals surface area contributed by atoms with Crippen molar-refractivity contribution < 1.29 is 4.39 Å². The lowest BCUT2D eigenvalue weighted by atomic mass is 10.4. The van der Waals surface area contributed by atoms with E-state index in [9.17, 15) is 9.18 Å². The molecular formula is C17H15ClFN3OS. The van der Waals surface area contributed by atoms with Gasteiger partial charge in [0.2, 0.25) is 0 Å². The fourth-order valence-electron chi connectivity index (χ4n) is 2.35. The van der Waals surface area contributed by atoms with E-state index < -0.39 is 5.82 Å². The number of alkyl halides is 1. The molecule has 0 radical (unpaired) electrons. The number of hydrogen-bond acceptors (Lipinski definition) is 4. The van der Waals surface area contributed by atoms with Crippen LogP contribution in [0.15, 0.2) is 35.1 Å². The zero-order chi connectivity index (χ0) is 17.3. The highest BCUT2D eigenvalue weighted by atomic mass is 35.5. The number of aryl methyl sites for hydroxylation is 2. The van der Waals surface area contributed by atoms with Crippen molar-refractivity contribution in [2.75, 3.05) is 0 Å². The van der Waals surface area contributed by atoms with Crippen LogP contribution in [0, 0.1) is 12.7 Å². The second-order valence-electron chi connectivity index (χ2n) is 5.22. The SMILES string of the molecule is CCc1ccc(-n2c(C)nnc2CCl)s1.O=c1c2cccc(F)c12. The summed E-state index contributed by atoms with van der Waals surface area (Å²) in [5, 5.41) is 10.0. The van der Waals surface area contributed by atoms with Crippen LogP contribution in [-0.2, 0) is 12.3 Å². The molecule has 0 aliphatic carbocycles. The Kier molecular flexibility index (Phi) is 4.78. The first-order chi connectivity index (χ1) is 11.6. The summed E-state index contributed by atoms with van der Waals surface area (Å²) in [5.74, 6) is 1.69. The fraction of sp³-hybridized carbons (Fsp3) is 0.235. The molecule has 124 valence electrons. The van der Waals surface area contributed by atoms with Crippen LogP contribution in [0.2, 0.25) is 0 Å². The van der Waals surface area contributed by atoms with Crippen LogP contribution in [0.5, 0.6) is 0 Å². The molecule has 0 aliphatic rings. The molecule has 2 heterocycles. The maximum absolute atomic E-state index is 12.4. The topological polar surface area (TPSA) is 47.8 Å². The molecule has 0 fully saturated rings. The molecule has 0 unspecified atom stereocenters. The van der Waals surface area contributed by atoms with Gasteiger partial charge in [-0.25, -0.2) is 4.39 Å². The van der Waals surface area contributed by atoms with Crippen LogP contribution < -0.4 is 5.43 Å². The van der Waals surface area contributed by atoms with E-state index in [2.05, 4.69) is 29.3 Å². The highest BCUT2D eigenvalue weighted by Crippen LogP contribution is 2.23. The van der Waals surface area contributed by atoms with Gasteiger partial charge in [0.15, 0.2) is 11.3 Å². The number of nitrogens with zero attached hydrogens (tertiary/aromatic N) is 3. The van der Waals surface area contributed by atoms with Crippen molar-refractivity contribution in [3.8, 4) is 5.00 Å². The second kappa shape index (κ2) is 6.83. The first-order valence-corrected chi connectivity index (χ1v) is 8.81. The summed E-state index contributed by atoms with van der Waals surface area (Å²) >= 11 is 7.58. The lowest BCUT2D eigenvalue weighted by molar-refractivity contribution is 0.641. The molecule has 0 saturated carbocycles. The number of thiophene rings is 1. The molecule has 7 heteroatoms. The van der Waals surface area contributed by atoms with Gasteiger partial charge in [-0.1, -0.05) is 19.1 Å². The Labute approximate surface area is 147 Å². The van der Waals surface area contributed by atoms with Gasteiger partial charge in [-0.2, -0.15) is 0 Å². The highest BCUT2D eigenvalue weighted by molar-refractivity contribution is 7.14. The third-order valence-corrected chi connectivity index (χ3v) is 5.10. The van der Waals surface area contributed by atoms with E-state index in [1.165, 1.54) is 10.9 Å². The summed E-state index contributed by atoms with van der Waals surface area (Å²) in [6, 6.07) is 8.69. The lowest BCUT2D eigenvalue weighted by Gasteiger charge is -2.02. The zero-order valence-electron chi connectivity index (χ0n) is 13.2. The third-order valence-electron chi connectivity index (χ3n) is 3.65. The van der Waals surface area contributed by atoms with Gasteiger partial charge in [0.1, 0.15) is 16.6 Å². The van der Waals surface area contributed by atoms with Crippen LogP contribution in [0.1, 0.15) is 23.4 Å². The van der Waals surface area contributed by atoms with Gasteiger partial charge in [-0.3, -0.25) is 9.36 Å². The molecule has 4 rings (SSSR count). The van der Waals surface area contributed by atoms with Gasteiger partial charge in [0.25, 0.3) is 0 Å². The van der Waals surface area contributed by atoms with Crippen molar-refractivity contribution in [2.24, 2.45) is 0 Å². The summed E-state index contributed by atoms with van der Waals surface area (Å²) in [4.78, 5) is 11.9. The van der Waals surface area contributed by atoms with Crippen LogP contribution >= 0.6 is 22.9 Å². The number of halogens is 2. The van der Waals surface area contributed by atoms with Crippen molar-refractivity contribution in [3.63, 3.8) is 0 Å². The lowest BCUT2D eigenvalue weighted by Crippen LogP contribution is -1.98. The maximum atomic E-state index is 12.4. The van der Waals surface area contributed by atoms with Crippen molar-refractivity contribution in [3.05, 3.63) is 62.9 Å². The Bertz CT molecular complexity index is 997. The Morgan fingerprint density at radius 3 is 2.62 bits per heavy atom. The standard InChI is InChI=1S/C10H12ClN3S.C7H3FO/c1-3-8-4-5-10(15-8)14-7(2)12-13-9(14)6-11;8-5-3-1-2-4-6(5)7(4)9/h4-5H,3,6H2,1-2H3;1-3H. The van der Waals surface area contributed by atoms with Gasteiger partial charge in [-0.05, 0) is 31.5 Å². The van der Waals surface area contributed by atoms with E-state index in [0.717, 1.165) is 23.1 Å². The Morgan fingerprint density at radius 1 is 1.25 bits per heavy atom. The molecule has 24 heavy (non-hydrogen) atoms. The number of aromatic nitrogens is 3. The average Bonchev–Trinajstić information content (AvgIpc) is 2.93. The summed E-state index contributed by atoms with van der Waals surface area (Å²) < 4.78 is 14.4. The van der Waals surface area contributed by atoms with Gasteiger partial charge in [0, 0.05) is 10.3 Å². The summed E-state index contributed by atoms with van der Waals surface area (Å²) in [7, 11) is 0. The smallest absolute Gasteiger partial charge is 0.197 e. The summed E-state index contributed by atoms with van der Waals surface area (Å²) in [5.41, 5.74) is -0.141. The predicted octanol–water partition coefficient (Wildman–Crippen LogP) is 4.15. The molecule has 2 aromatic heterocycles. The van der Waals surface area contributed by atoms with E-state index in [1.807, 2.05) is 11.5 Å². The van der Waals surface area contributed by atoms with Crippen LogP contribution in [0.25, 0.3) is 15.8 Å². The molecule has 4 aromatic rings. The average molecular weight is 364 g/mol. The molecule has 0 atom stereocenters. The van der Waals surface area contributed by atoms with Crippen LogP contribution in [0.3, 0.4) is 0 Å². The molecule has 0 N–H and O–H groups in total. The minimum atomic E-state index is -0.391. The van der Waals surface area contributed by atoms with Gasteiger partial charge >= 0.3 is 0 Å². The molecule has 0 amide bonds. The van der Waals surface area contributed by atoms with Crippen molar-refractivity contribution in [1.29, 1.82) is 0 Å². The number of hydrogen-bond donors (Lipinski definition) is 0. The first-order valence-electron chi connectivity index (χ1n) is 7.46. The van der Waals surface area contributed by atoms with Crippen molar-refractivity contribution >= 4 is 33.7 Å². The molecule has 0 spiro atoms. The fourth-order valence-corrected chi connectivity index (χ4v) is 3.54.